The normalized spacial score (nSPS) is 16.1. The molecule has 0 spiro atoms. The summed E-state index contributed by atoms with van der Waals surface area (Å²) in [7, 11) is 0. The van der Waals surface area contributed by atoms with E-state index >= 15 is 0 Å². The van der Waals surface area contributed by atoms with Gasteiger partial charge in [0.2, 0.25) is 17.5 Å². The Kier molecular flexibility index (Phi) is 9.05. The predicted octanol–water partition coefficient (Wildman–Crippen LogP) is 5.93. The Morgan fingerprint density at radius 3 is 2.11 bits per heavy atom. The zero-order valence-electron chi connectivity index (χ0n) is 25.0. The van der Waals surface area contributed by atoms with E-state index in [1.807, 2.05) is 35.2 Å². The molecule has 0 atom stereocenters. The first-order valence-electron chi connectivity index (χ1n) is 15.3. The highest BCUT2D eigenvalue weighted by molar-refractivity contribution is 5.96. The van der Waals surface area contributed by atoms with Crippen LogP contribution in [0.5, 0.6) is 0 Å². The minimum atomic E-state index is -4.85. The summed E-state index contributed by atoms with van der Waals surface area (Å²) in [5.74, 6) is -1.08. The van der Waals surface area contributed by atoms with E-state index in [9.17, 15) is 27.2 Å². The second-order valence-electron chi connectivity index (χ2n) is 11.6. The molecule has 4 heterocycles. The molecule has 0 unspecified atom stereocenters. The molecule has 0 N–H and O–H groups in total. The van der Waals surface area contributed by atoms with E-state index in [0.29, 0.717) is 56.6 Å². The average molecular weight is 636 g/mol. The molecule has 8 nitrogen and oxygen atoms in total. The van der Waals surface area contributed by atoms with Gasteiger partial charge in [-0.25, -0.2) is 9.37 Å². The van der Waals surface area contributed by atoms with Crippen LogP contribution < -0.4 is 9.80 Å². The smallest absolute Gasteiger partial charge is 0.420 e. The van der Waals surface area contributed by atoms with E-state index in [-0.39, 0.29) is 30.6 Å². The number of carbonyl (C=O) groups is 2. The number of nitrogens with zero attached hydrogens (tertiary/aromatic N) is 5. The van der Waals surface area contributed by atoms with Gasteiger partial charge in [0.1, 0.15) is 11.6 Å². The van der Waals surface area contributed by atoms with Crippen molar-refractivity contribution < 1.29 is 31.6 Å². The number of oxazole rings is 1. The topological polar surface area (TPSA) is 82.8 Å². The molecule has 46 heavy (non-hydrogen) atoms. The Bertz CT molecular complexity index is 1640. The van der Waals surface area contributed by atoms with Crippen molar-refractivity contribution in [3.8, 4) is 0 Å². The van der Waals surface area contributed by atoms with Crippen LogP contribution in [0, 0.1) is 5.82 Å². The van der Waals surface area contributed by atoms with Crippen LogP contribution in [-0.4, -0.2) is 65.8 Å². The first kappa shape index (κ1) is 31.3. The number of piperazine rings is 1. The van der Waals surface area contributed by atoms with Gasteiger partial charge in [-0.3, -0.25) is 9.59 Å². The van der Waals surface area contributed by atoms with Gasteiger partial charge in [-0.2, -0.15) is 18.2 Å². The Morgan fingerprint density at radius 1 is 0.804 bits per heavy atom. The van der Waals surface area contributed by atoms with Gasteiger partial charge < -0.3 is 19.1 Å². The number of Topliss-reactive ketones (excluding diaryl/α,β-unsaturated/α-hetero) is 1. The van der Waals surface area contributed by atoms with Gasteiger partial charge in [0.15, 0.2) is 5.69 Å². The first-order chi connectivity index (χ1) is 22.1. The zero-order valence-corrected chi connectivity index (χ0v) is 25.0. The second kappa shape index (κ2) is 13.3. The maximum absolute atomic E-state index is 13.9. The van der Waals surface area contributed by atoms with E-state index in [1.54, 1.807) is 34.1 Å². The zero-order chi connectivity index (χ0) is 32.3. The van der Waals surface area contributed by atoms with Gasteiger partial charge in [0.05, 0.1) is 6.42 Å². The van der Waals surface area contributed by atoms with Gasteiger partial charge >= 0.3 is 6.18 Å². The number of rotatable bonds is 8. The van der Waals surface area contributed by atoms with Crippen LogP contribution in [-0.2, 0) is 23.8 Å². The highest BCUT2D eigenvalue weighted by atomic mass is 19.4. The average Bonchev–Trinajstić information content (AvgIpc) is 3.54. The molecule has 2 fully saturated rings. The van der Waals surface area contributed by atoms with Crippen LogP contribution in [0.25, 0.3) is 0 Å². The molecule has 0 aliphatic carbocycles. The lowest BCUT2D eigenvalue weighted by Crippen LogP contribution is -2.49. The van der Waals surface area contributed by atoms with E-state index in [2.05, 4.69) is 9.97 Å². The van der Waals surface area contributed by atoms with Gasteiger partial charge in [0.25, 0.3) is 6.01 Å². The third-order valence-corrected chi connectivity index (χ3v) is 8.57. The quantitative estimate of drug-likeness (QED) is 0.175. The summed E-state index contributed by atoms with van der Waals surface area (Å²) in [6, 6.07) is 19.0. The molecular formula is C34H33F4N5O3. The molecule has 6 rings (SSSR count). The van der Waals surface area contributed by atoms with Crippen molar-refractivity contribution in [1.82, 2.24) is 14.9 Å². The fraction of sp³-hybridized carbons (Fsp3) is 0.353. The summed E-state index contributed by atoms with van der Waals surface area (Å²) in [5, 5.41) is 0. The lowest BCUT2D eigenvalue weighted by Gasteiger charge is -2.35. The molecule has 0 saturated carbocycles. The van der Waals surface area contributed by atoms with Crippen LogP contribution in [0.2, 0.25) is 0 Å². The SMILES string of the molecule is O=C(Cc1ccc(N2CCN(C(=O)Cc3ccc(F)cc3)CC2)nc1)c1oc(N2CCC(c3ccccc3)CC2)nc1C(F)(F)F. The number of piperidine rings is 1. The van der Waals surface area contributed by atoms with Crippen LogP contribution >= 0.6 is 0 Å². The number of aromatic nitrogens is 2. The van der Waals surface area contributed by atoms with Crippen molar-refractivity contribution in [2.75, 3.05) is 49.1 Å². The number of halogens is 4. The lowest BCUT2D eigenvalue weighted by atomic mass is 9.90. The number of amides is 1. The number of ketones is 1. The number of hydrogen-bond acceptors (Lipinski definition) is 7. The van der Waals surface area contributed by atoms with Crippen LogP contribution in [0.15, 0.2) is 77.3 Å². The van der Waals surface area contributed by atoms with Crippen molar-refractivity contribution in [3.05, 3.63) is 107 Å². The van der Waals surface area contributed by atoms with Gasteiger partial charge in [-0.05, 0) is 53.6 Å². The Balaban J connectivity index is 1.05. The predicted molar refractivity (Wildman–Crippen MR) is 163 cm³/mol. The Morgan fingerprint density at radius 2 is 1.48 bits per heavy atom. The minimum Gasteiger partial charge on any atom is -0.420 e. The highest BCUT2D eigenvalue weighted by Gasteiger charge is 2.42. The van der Waals surface area contributed by atoms with Gasteiger partial charge in [-0.15, -0.1) is 0 Å². The summed E-state index contributed by atoms with van der Waals surface area (Å²) in [5.41, 5.74) is 1.07. The molecule has 0 bridgehead atoms. The number of hydrogen-bond donors (Lipinski definition) is 0. The minimum absolute atomic E-state index is 0.0430. The molecule has 2 aromatic heterocycles. The lowest BCUT2D eigenvalue weighted by molar-refractivity contribution is -0.141. The van der Waals surface area contributed by atoms with Crippen molar-refractivity contribution in [3.63, 3.8) is 0 Å². The van der Waals surface area contributed by atoms with E-state index in [4.69, 9.17) is 4.42 Å². The molecule has 240 valence electrons. The molecule has 2 aromatic carbocycles. The summed E-state index contributed by atoms with van der Waals surface area (Å²) in [4.78, 5) is 39.4. The van der Waals surface area contributed by atoms with Crippen LogP contribution in [0.1, 0.15) is 51.7 Å². The number of pyridine rings is 1. The highest BCUT2D eigenvalue weighted by Crippen LogP contribution is 2.36. The molecule has 0 radical (unpaired) electrons. The number of alkyl halides is 3. The fourth-order valence-corrected chi connectivity index (χ4v) is 6.00. The molecule has 2 saturated heterocycles. The van der Waals surface area contributed by atoms with Crippen molar-refractivity contribution in [1.29, 1.82) is 0 Å². The van der Waals surface area contributed by atoms with E-state index in [0.717, 1.165) is 18.4 Å². The van der Waals surface area contributed by atoms with Crippen molar-refractivity contribution in [2.45, 2.75) is 37.8 Å². The molecule has 1 amide bonds. The summed E-state index contributed by atoms with van der Waals surface area (Å²) in [6.45, 7) is 2.98. The maximum atomic E-state index is 13.9. The number of carbonyl (C=O) groups excluding carboxylic acids is 2. The maximum Gasteiger partial charge on any atom is 0.437 e. The standard InChI is InChI=1S/C34H33F4N5O3/c35-27-9-6-23(7-10-27)21-30(45)42-18-16-41(17-19-42)29-11-8-24(22-39-29)20-28(44)31-32(34(36,37)38)40-33(46-31)43-14-12-26(13-15-43)25-4-2-1-3-5-25/h1-11,22,26H,12-21H2. The van der Waals surface area contributed by atoms with Gasteiger partial charge in [0, 0.05) is 51.9 Å². The van der Waals surface area contributed by atoms with Crippen molar-refractivity contribution >= 4 is 23.5 Å². The monoisotopic (exact) mass is 635 g/mol. The third-order valence-electron chi connectivity index (χ3n) is 8.57. The number of anilines is 2. The third kappa shape index (κ3) is 7.21. The van der Waals surface area contributed by atoms with Crippen LogP contribution in [0.4, 0.5) is 29.4 Å². The van der Waals surface area contributed by atoms with Crippen molar-refractivity contribution in [2.24, 2.45) is 0 Å². The first-order valence-corrected chi connectivity index (χ1v) is 15.3. The largest absolute Gasteiger partial charge is 0.437 e. The molecular weight excluding hydrogens is 602 g/mol. The van der Waals surface area contributed by atoms with E-state index in [1.165, 1.54) is 23.9 Å². The fourth-order valence-electron chi connectivity index (χ4n) is 6.00. The number of benzene rings is 2. The molecule has 2 aliphatic rings. The second-order valence-corrected chi connectivity index (χ2v) is 11.6. The van der Waals surface area contributed by atoms with E-state index < -0.39 is 23.4 Å². The Hall–Kier alpha value is -4.74. The van der Waals surface area contributed by atoms with Gasteiger partial charge in [-0.1, -0.05) is 48.5 Å². The molecule has 2 aliphatic heterocycles. The summed E-state index contributed by atoms with van der Waals surface area (Å²) >= 11 is 0. The molecule has 4 aromatic rings. The van der Waals surface area contributed by atoms with Crippen LogP contribution in [0.3, 0.4) is 0 Å². The summed E-state index contributed by atoms with van der Waals surface area (Å²) < 4.78 is 60.4. The molecule has 12 heteroatoms. The summed E-state index contributed by atoms with van der Waals surface area (Å²) in [6.07, 6.45) is -2.05. The Labute approximate surface area is 263 Å².